The first-order valence-electron chi connectivity index (χ1n) is 5.89. The van der Waals surface area contributed by atoms with Crippen molar-refractivity contribution in [3.05, 3.63) is 29.7 Å². The molecular formula is C13H15N3O3. The molecule has 2 aromatic rings. The van der Waals surface area contributed by atoms with Gasteiger partial charge in [0, 0.05) is 18.0 Å². The Kier molecular flexibility index (Phi) is 3.79. The van der Waals surface area contributed by atoms with Gasteiger partial charge in [-0.25, -0.2) is 9.78 Å². The summed E-state index contributed by atoms with van der Waals surface area (Å²) in [7, 11) is 1.58. The van der Waals surface area contributed by atoms with Gasteiger partial charge in [0.1, 0.15) is 11.4 Å². The highest BCUT2D eigenvalue weighted by Gasteiger charge is 2.17. The molecule has 0 aliphatic heterocycles. The third-order valence-electron chi connectivity index (χ3n) is 2.56. The Morgan fingerprint density at radius 2 is 2.26 bits per heavy atom. The van der Waals surface area contributed by atoms with Crippen molar-refractivity contribution >= 4 is 5.97 Å². The maximum Gasteiger partial charge on any atom is 0.358 e. The highest BCUT2D eigenvalue weighted by Crippen LogP contribution is 2.20. The number of nitrogens with zero attached hydrogens (tertiary/aromatic N) is 2. The Bertz CT molecular complexity index is 593. The van der Waals surface area contributed by atoms with Crippen molar-refractivity contribution in [1.82, 2.24) is 15.0 Å². The van der Waals surface area contributed by atoms with Crippen LogP contribution in [0.25, 0.3) is 11.5 Å². The first kappa shape index (κ1) is 13.1. The minimum absolute atomic E-state index is 0.279. The largest absolute Gasteiger partial charge is 0.497 e. The molecule has 0 aliphatic carbocycles. The lowest BCUT2D eigenvalue weighted by Crippen LogP contribution is -2.06. The summed E-state index contributed by atoms with van der Waals surface area (Å²) in [5, 5.41) is 0. The monoisotopic (exact) mass is 261 g/mol. The number of carbonyl (C=O) groups is 1. The number of H-pyrrole nitrogens is 1. The minimum Gasteiger partial charge on any atom is -0.497 e. The van der Waals surface area contributed by atoms with E-state index >= 15 is 0 Å². The van der Waals surface area contributed by atoms with Gasteiger partial charge in [0.2, 0.25) is 0 Å². The lowest BCUT2D eigenvalue weighted by atomic mass is 10.3. The van der Waals surface area contributed by atoms with Crippen LogP contribution in [0.5, 0.6) is 5.75 Å². The topological polar surface area (TPSA) is 77.1 Å². The molecule has 0 saturated heterocycles. The van der Waals surface area contributed by atoms with Crippen LogP contribution in [-0.4, -0.2) is 34.6 Å². The summed E-state index contributed by atoms with van der Waals surface area (Å²) in [6, 6.07) is 3.48. The lowest BCUT2D eigenvalue weighted by Gasteiger charge is -2.00. The molecular weight excluding hydrogens is 246 g/mol. The zero-order chi connectivity index (χ0) is 13.8. The number of pyridine rings is 1. The maximum absolute atomic E-state index is 11.7. The molecule has 0 fully saturated rings. The zero-order valence-electron chi connectivity index (χ0n) is 11.1. The second kappa shape index (κ2) is 5.51. The normalized spacial score (nSPS) is 10.3. The van der Waals surface area contributed by atoms with E-state index in [1.54, 1.807) is 39.3 Å². The molecule has 6 heteroatoms. The summed E-state index contributed by atoms with van der Waals surface area (Å²) >= 11 is 0. The third-order valence-corrected chi connectivity index (χ3v) is 2.56. The Morgan fingerprint density at radius 1 is 1.47 bits per heavy atom. The summed E-state index contributed by atoms with van der Waals surface area (Å²) in [6.45, 7) is 3.84. The Hall–Kier alpha value is -2.37. The number of rotatable bonds is 4. The van der Waals surface area contributed by atoms with Crippen molar-refractivity contribution in [3.63, 3.8) is 0 Å². The zero-order valence-corrected chi connectivity index (χ0v) is 11.1. The molecule has 0 radical (unpaired) electrons. The van der Waals surface area contributed by atoms with Crippen LogP contribution in [0, 0.1) is 6.92 Å². The molecule has 0 unspecified atom stereocenters. The van der Waals surface area contributed by atoms with Crippen LogP contribution >= 0.6 is 0 Å². The van der Waals surface area contributed by atoms with E-state index in [9.17, 15) is 4.79 Å². The number of hydrogen-bond donors (Lipinski definition) is 1. The number of ether oxygens (including phenoxy) is 2. The van der Waals surface area contributed by atoms with E-state index in [1.807, 2.05) is 0 Å². The number of hydrogen-bond acceptors (Lipinski definition) is 5. The van der Waals surface area contributed by atoms with Crippen LogP contribution in [0.15, 0.2) is 18.3 Å². The van der Waals surface area contributed by atoms with Crippen molar-refractivity contribution in [1.29, 1.82) is 0 Å². The SMILES string of the molecule is CCOC(=O)c1nc(-c2cc(OC)ccn2)[nH]c1C. The average molecular weight is 261 g/mol. The van der Waals surface area contributed by atoms with Gasteiger partial charge in [0.05, 0.1) is 13.7 Å². The molecule has 0 saturated carbocycles. The summed E-state index contributed by atoms with van der Waals surface area (Å²) in [5.74, 6) is 0.751. The first-order chi connectivity index (χ1) is 9.15. The number of aromatic amines is 1. The molecule has 6 nitrogen and oxygen atoms in total. The standard InChI is InChI=1S/C13H15N3O3/c1-4-19-13(17)11-8(2)15-12(16-11)10-7-9(18-3)5-6-14-10/h5-7H,4H2,1-3H3,(H,15,16). The van der Waals surface area contributed by atoms with E-state index in [0.717, 1.165) is 0 Å². The molecule has 0 aliphatic rings. The quantitative estimate of drug-likeness (QED) is 0.851. The van der Waals surface area contributed by atoms with Crippen LogP contribution in [0.2, 0.25) is 0 Å². The van der Waals surface area contributed by atoms with Crippen molar-refractivity contribution in [2.45, 2.75) is 13.8 Å². The molecule has 0 spiro atoms. The predicted octanol–water partition coefficient (Wildman–Crippen LogP) is 1.97. The van der Waals surface area contributed by atoms with Crippen molar-refractivity contribution in [2.24, 2.45) is 0 Å². The lowest BCUT2D eigenvalue weighted by molar-refractivity contribution is 0.0519. The summed E-state index contributed by atoms with van der Waals surface area (Å²) in [4.78, 5) is 23.1. The van der Waals surface area contributed by atoms with Gasteiger partial charge in [-0.2, -0.15) is 0 Å². The maximum atomic E-state index is 11.7. The van der Waals surface area contributed by atoms with Crippen LogP contribution in [0.3, 0.4) is 0 Å². The summed E-state index contributed by atoms with van der Waals surface area (Å²) in [6.07, 6.45) is 1.62. The highest BCUT2D eigenvalue weighted by atomic mass is 16.5. The highest BCUT2D eigenvalue weighted by molar-refractivity contribution is 5.89. The second-order valence-electron chi connectivity index (χ2n) is 3.86. The van der Waals surface area contributed by atoms with E-state index in [2.05, 4.69) is 15.0 Å². The fourth-order valence-corrected chi connectivity index (χ4v) is 1.65. The van der Waals surface area contributed by atoms with E-state index in [0.29, 0.717) is 29.6 Å². The first-order valence-corrected chi connectivity index (χ1v) is 5.89. The number of imidazole rings is 1. The van der Waals surface area contributed by atoms with Gasteiger partial charge in [-0.15, -0.1) is 0 Å². The second-order valence-corrected chi connectivity index (χ2v) is 3.86. The number of esters is 1. The van der Waals surface area contributed by atoms with Gasteiger partial charge in [0.25, 0.3) is 0 Å². The van der Waals surface area contributed by atoms with Crippen molar-refractivity contribution < 1.29 is 14.3 Å². The fourth-order valence-electron chi connectivity index (χ4n) is 1.65. The molecule has 100 valence electrons. The number of aryl methyl sites for hydroxylation is 1. The van der Waals surface area contributed by atoms with Gasteiger partial charge >= 0.3 is 5.97 Å². The average Bonchev–Trinajstić information content (AvgIpc) is 2.81. The van der Waals surface area contributed by atoms with E-state index < -0.39 is 5.97 Å². The molecule has 0 amide bonds. The number of aromatic nitrogens is 3. The summed E-state index contributed by atoms with van der Waals surface area (Å²) < 4.78 is 10.1. The molecule has 0 bridgehead atoms. The Balaban J connectivity index is 2.36. The third kappa shape index (κ3) is 2.73. The molecule has 2 rings (SSSR count). The fraction of sp³-hybridized carbons (Fsp3) is 0.308. The Morgan fingerprint density at radius 3 is 2.95 bits per heavy atom. The molecule has 0 atom stereocenters. The number of methoxy groups -OCH3 is 1. The molecule has 2 heterocycles. The van der Waals surface area contributed by atoms with Crippen LogP contribution < -0.4 is 4.74 Å². The van der Waals surface area contributed by atoms with Crippen molar-refractivity contribution in [3.8, 4) is 17.3 Å². The smallest absolute Gasteiger partial charge is 0.358 e. The van der Waals surface area contributed by atoms with Gasteiger partial charge < -0.3 is 14.5 Å². The predicted molar refractivity (Wildman–Crippen MR) is 69.1 cm³/mol. The van der Waals surface area contributed by atoms with Gasteiger partial charge in [0.15, 0.2) is 11.5 Å². The molecule has 2 aromatic heterocycles. The Labute approximate surface area is 110 Å². The number of nitrogens with one attached hydrogen (secondary N) is 1. The van der Waals surface area contributed by atoms with Gasteiger partial charge in [-0.1, -0.05) is 0 Å². The minimum atomic E-state index is -0.439. The molecule has 1 N–H and O–H groups in total. The molecule has 19 heavy (non-hydrogen) atoms. The van der Waals surface area contributed by atoms with Crippen LogP contribution in [0.4, 0.5) is 0 Å². The van der Waals surface area contributed by atoms with E-state index in [-0.39, 0.29) is 5.69 Å². The van der Waals surface area contributed by atoms with Crippen molar-refractivity contribution in [2.75, 3.05) is 13.7 Å². The summed E-state index contributed by atoms with van der Waals surface area (Å²) in [5.41, 5.74) is 1.54. The van der Waals surface area contributed by atoms with Gasteiger partial charge in [-0.3, -0.25) is 4.98 Å². The van der Waals surface area contributed by atoms with E-state index in [1.165, 1.54) is 0 Å². The van der Waals surface area contributed by atoms with Gasteiger partial charge in [-0.05, 0) is 19.9 Å². The van der Waals surface area contributed by atoms with Crippen LogP contribution in [-0.2, 0) is 4.74 Å². The number of carbonyl (C=O) groups excluding carboxylic acids is 1. The van der Waals surface area contributed by atoms with E-state index in [4.69, 9.17) is 9.47 Å². The molecule has 0 aromatic carbocycles. The van der Waals surface area contributed by atoms with Crippen LogP contribution in [0.1, 0.15) is 23.1 Å².